The van der Waals surface area contributed by atoms with Gasteiger partial charge in [-0.3, -0.25) is 0 Å². The highest BCUT2D eigenvalue weighted by atomic mass is 15.2. The highest BCUT2D eigenvalue weighted by Crippen LogP contribution is 2.41. The molecule has 1 aromatic rings. The van der Waals surface area contributed by atoms with E-state index in [4.69, 9.17) is 0 Å². The number of imidazole rings is 1. The fourth-order valence-corrected chi connectivity index (χ4v) is 2.75. The molecule has 0 spiro atoms. The Morgan fingerprint density at radius 2 is 2.06 bits per heavy atom. The Hall–Kier alpha value is -0.990. The number of hydrogen-bond acceptors (Lipinski definition) is 2. The third kappa shape index (κ3) is 2.82. The summed E-state index contributed by atoms with van der Waals surface area (Å²) in [4.78, 5) is 4.56. The first-order valence-corrected chi connectivity index (χ1v) is 6.81. The molecule has 3 nitrogen and oxygen atoms in total. The van der Waals surface area contributed by atoms with Crippen LogP contribution < -0.4 is 5.32 Å². The monoisotopic (exact) mass is 235 g/mol. The van der Waals surface area contributed by atoms with E-state index in [-0.39, 0.29) is 0 Å². The third-order valence-electron chi connectivity index (χ3n) is 3.89. The lowest BCUT2D eigenvalue weighted by Gasteiger charge is -2.35. The number of aromatic nitrogens is 2. The Balaban J connectivity index is 2.12. The molecule has 17 heavy (non-hydrogen) atoms. The van der Waals surface area contributed by atoms with Crippen LogP contribution in [0, 0.1) is 12.3 Å². The van der Waals surface area contributed by atoms with Gasteiger partial charge in [0.15, 0.2) is 0 Å². The number of aryl methyl sites for hydroxylation is 1. The normalized spacial score (nSPS) is 20.5. The highest BCUT2D eigenvalue weighted by molar-refractivity contribution is 5.29. The summed E-state index contributed by atoms with van der Waals surface area (Å²) in [5, 5.41) is 3.37. The Labute approximate surface area is 105 Å². The number of rotatable bonds is 3. The van der Waals surface area contributed by atoms with Crippen LogP contribution in [0.2, 0.25) is 0 Å². The van der Waals surface area contributed by atoms with Crippen molar-refractivity contribution in [3.05, 3.63) is 11.9 Å². The fraction of sp³-hybridized carbons (Fsp3) is 0.786. The summed E-state index contributed by atoms with van der Waals surface area (Å²) in [7, 11) is 0. The molecule has 2 rings (SSSR count). The van der Waals surface area contributed by atoms with E-state index in [1.807, 2.05) is 0 Å². The minimum atomic E-state index is 0.532. The smallest absolute Gasteiger partial charge is 0.203 e. The standard InChI is InChI=1S/C14H25N3/c1-5-15-13-16-11(2)10-17(13)12-6-8-14(3,4)9-7-12/h10,12H,5-9H2,1-4H3,(H,15,16). The molecule has 1 aliphatic carbocycles. The first kappa shape index (κ1) is 12.5. The second-order valence-electron chi connectivity index (χ2n) is 6.04. The number of nitrogens with one attached hydrogen (secondary N) is 1. The van der Waals surface area contributed by atoms with Crippen molar-refractivity contribution >= 4 is 5.95 Å². The Morgan fingerprint density at radius 3 is 2.65 bits per heavy atom. The van der Waals surface area contributed by atoms with Gasteiger partial charge in [-0.2, -0.15) is 0 Å². The Kier molecular flexibility index (Phi) is 3.45. The molecular formula is C14H25N3. The van der Waals surface area contributed by atoms with E-state index in [1.54, 1.807) is 0 Å². The minimum Gasteiger partial charge on any atom is -0.356 e. The second-order valence-corrected chi connectivity index (χ2v) is 6.04. The van der Waals surface area contributed by atoms with Crippen molar-refractivity contribution in [1.82, 2.24) is 9.55 Å². The van der Waals surface area contributed by atoms with Gasteiger partial charge in [0.2, 0.25) is 5.95 Å². The molecule has 1 aliphatic rings. The lowest BCUT2D eigenvalue weighted by Crippen LogP contribution is -2.24. The average molecular weight is 235 g/mol. The summed E-state index contributed by atoms with van der Waals surface area (Å²) in [6.07, 6.45) is 7.39. The van der Waals surface area contributed by atoms with E-state index in [0.29, 0.717) is 11.5 Å². The van der Waals surface area contributed by atoms with E-state index in [9.17, 15) is 0 Å². The third-order valence-corrected chi connectivity index (χ3v) is 3.89. The first-order chi connectivity index (χ1) is 8.02. The van der Waals surface area contributed by atoms with Crippen molar-refractivity contribution in [1.29, 1.82) is 0 Å². The van der Waals surface area contributed by atoms with Gasteiger partial charge in [-0.25, -0.2) is 4.98 Å². The maximum absolute atomic E-state index is 4.56. The molecule has 0 atom stereocenters. The number of nitrogens with zero attached hydrogens (tertiary/aromatic N) is 2. The van der Waals surface area contributed by atoms with Gasteiger partial charge >= 0.3 is 0 Å². The Bertz CT molecular complexity index is 369. The predicted molar refractivity (Wildman–Crippen MR) is 72.4 cm³/mol. The van der Waals surface area contributed by atoms with Crippen LogP contribution in [0.5, 0.6) is 0 Å². The first-order valence-electron chi connectivity index (χ1n) is 6.81. The summed E-state index contributed by atoms with van der Waals surface area (Å²) in [6.45, 7) is 9.90. The topological polar surface area (TPSA) is 29.9 Å². The van der Waals surface area contributed by atoms with E-state index >= 15 is 0 Å². The van der Waals surface area contributed by atoms with Crippen LogP contribution in [0.4, 0.5) is 5.95 Å². The van der Waals surface area contributed by atoms with Gasteiger partial charge in [0.1, 0.15) is 0 Å². The van der Waals surface area contributed by atoms with Gasteiger partial charge < -0.3 is 9.88 Å². The van der Waals surface area contributed by atoms with Crippen molar-refractivity contribution in [3.8, 4) is 0 Å². The molecule has 0 amide bonds. The molecule has 96 valence electrons. The summed E-state index contributed by atoms with van der Waals surface area (Å²) in [6, 6.07) is 0.637. The van der Waals surface area contributed by atoms with Crippen molar-refractivity contribution in [3.63, 3.8) is 0 Å². The van der Waals surface area contributed by atoms with Gasteiger partial charge in [0, 0.05) is 18.8 Å². The SMILES string of the molecule is CCNc1nc(C)cn1C1CCC(C)(C)CC1. The molecule has 0 unspecified atom stereocenters. The van der Waals surface area contributed by atoms with Gasteiger partial charge in [-0.05, 0) is 44.9 Å². The number of hydrogen-bond donors (Lipinski definition) is 1. The maximum Gasteiger partial charge on any atom is 0.203 e. The van der Waals surface area contributed by atoms with Crippen molar-refractivity contribution < 1.29 is 0 Å². The molecule has 0 radical (unpaired) electrons. The molecule has 0 aromatic carbocycles. The van der Waals surface area contributed by atoms with Crippen LogP contribution in [-0.2, 0) is 0 Å². The van der Waals surface area contributed by atoms with Gasteiger partial charge in [-0.15, -0.1) is 0 Å². The summed E-state index contributed by atoms with van der Waals surface area (Å²) in [5.41, 5.74) is 1.65. The minimum absolute atomic E-state index is 0.532. The van der Waals surface area contributed by atoms with Crippen LogP contribution >= 0.6 is 0 Å². The summed E-state index contributed by atoms with van der Waals surface area (Å²) < 4.78 is 2.36. The maximum atomic E-state index is 4.56. The molecule has 0 bridgehead atoms. The molecular weight excluding hydrogens is 210 g/mol. The van der Waals surface area contributed by atoms with Gasteiger partial charge in [0.25, 0.3) is 0 Å². The van der Waals surface area contributed by atoms with Crippen LogP contribution in [-0.4, -0.2) is 16.1 Å². The second kappa shape index (κ2) is 4.71. The molecule has 1 fully saturated rings. The molecule has 1 N–H and O–H groups in total. The molecule has 0 aliphatic heterocycles. The van der Waals surface area contributed by atoms with Crippen LogP contribution in [0.25, 0.3) is 0 Å². The molecule has 1 heterocycles. The van der Waals surface area contributed by atoms with Crippen molar-refractivity contribution in [2.24, 2.45) is 5.41 Å². The zero-order chi connectivity index (χ0) is 12.5. The van der Waals surface area contributed by atoms with E-state index < -0.39 is 0 Å². The molecule has 0 saturated heterocycles. The number of anilines is 1. The van der Waals surface area contributed by atoms with E-state index in [1.165, 1.54) is 25.7 Å². The van der Waals surface area contributed by atoms with E-state index in [2.05, 4.69) is 48.8 Å². The molecule has 3 heteroatoms. The predicted octanol–water partition coefficient (Wildman–Crippen LogP) is 3.76. The summed E-state index contributed by atoms with van der Waals surface area (Å²) in [5.74, 6) is 1.05. The van der Waals surface area contributed by atoms with Crippen LogP contribution in [0.3, 0.4) is 0 Å². The van der Waals surface area contributed by atoms with Crippen LogP contribution in [0.15, 0.2) is 6.20 Å². The quantitative estimate of drug-likeness (QED) is 0.864. The largest absolute Gasteiger partial charge is 0.356 e. The lowest BCUT2D eigenvalue weighted by molar-refractivity contribution is 0.194. The molecule has 1 aromatic heterocycles. The zero-order valence-electron chi connectivity index (χ0n) is 11.6. The van der Waals surface area contributed by atoms with E-state index in [0.717, 1.165) is 18.2 Å². The lowest BCUT2D eigenvalue weighted by atomic mass is 9.75. The zero-order valence-corrected chi connectivity index (χ0v) is 11.6. The van der Waals surface area contributed by atoms with Gasteiger partial charge in [-0.1, -0.05) is 13.8 Å². The molecule has 1 saturated carbocycles. The van der Waals surface area contributed by atoms with Crippen molar-refractivity contribution in [2.45, 2.75) is 59.4 Å². The van der Waals surface area contributed by atoms with Gasteiger partial charge in [0.05, 0.1) is 5.69 Å². The highest BCUT2D eigenvalue weighted by Gasteiger charge is 2.28. The average Bonchev–Trinajstić information content (AvgIpc) is 2.60. The summed E-state index contributed by atoms with van der Waals surface area (Å²) >= 11 is 0. The Morgan fingerprint density at radius 1 is 1.41 bits per heavy atom. The fourth-order valence-electron chi connectivity index (χ4n) is 2.75. The van der Waals surface area contributed by atoms with Crippen LogP contribution in [0.1, 0.15) is 58.2 Å². The van der Waals surface area contributed by atoms with Crippen molar-refractivity contribution in [2.75, 3.05) is 11.9 Å².